The number of nitrogens with zero attached hydrogens (tertiary/aromatic N) is 4. The zero-order chi connectivity index (χ0) is 19.9. The summed E-state index contributed by atoms with van der Waals surface area (Å²) in [5.74, 6) is 0.501. The SMILES string of the molecule is c1ccc(-c2nccc3[nH]c(-c4n[nH]c5ccc(C6CCNCC6)nc45)cc23)nc1. The van der Waals surface area contributed by atoms with Crippen molar-refractivity contribution in [3.63, 3.8) is 0 Å². The van der Waals surface area contributed by atoms with Crippen molar-refractivity contribution in [3.05, 3.63) is 60.6 Å². The lowest BCUT2D eigenvalue weighted by Crippen LogP contribution is -2.27. The van der Waals surface area contributed by atoms with Crippen LogP contribution in [-0.4, -0.2) is 43.2 Å². The average Bonchev–Trinajstić information content (AvgIpc) is 3.43. The molecule has 0 atom stereocenters. The fraction of sp³-hybridized carbons (Fsp3) is 0.217. The van der Waals surface area contributed by atoms with E-state index in [0.29, 0.717) is 5.92 Å². The molecule has 1 saturated heterocycles. The predicted octanol–water partition coefficient (Wildman–Crippen LogP) is 4.03. The predicted molar refractivity (Wildman–Crippen MR) is 117 cm³/mol. The Morgan fingerprint density at radius 1 is 0.867 bits per heavy atom. The number of aromatic nitrogens is 6. The zero-order valence-corrected chi connectivity index (χ0v) is 16.4. The summed E-state index contributed by atoms with van der Waals surface area (Å²) in [6.45, 7) is 2.10. The second-order valence-electron chi connectivity index (χ2n) is 7.75. The van der Waals surface area contributed by atoms with Crippen molar-refractivity contribution >= 4 is 21.9 Å². The van der Waals surface area contributed by atoms with Crippen LogP contribution in [0.15, 0.2) is 54.9 Å². The average molecular weight is 395 g/mol. The minimum absolute atomic E-state index is 0.501. The van der Waals surface area contributed by atoms with Gasteiger partial charge < -0.3 is 10.3 Å². The summed E-state index contributed by atoms with van der Waals surface area (Å²) in [6.07, 6.45) is 5.84. The van der Waals surface area contributed by atoms with Crippen LogP contribution >= 0.6 is 0 Å². The molecule has 0 amide bonds. The molecule has 6 rings (SSSR count). The molecule has 3 N–H and O–H groups in total. The van der Waals surface area contributed by atoms with Crippen molar-refractivity contribution in [2.24, 2.45) is 0 Å². The summed E-state index contributed by atoms with van der Waals surface area (Å²) < 4.78 is 0. The first kappa shape index (κ1) is 17.3. The van der Waals surface area contributed by atoms with Gasteiger partial charge in [0.1, 0.15) is 11.2 Å². The van der Waals surface area contributed by atoms with E-state index >= 15 is 0 Å². The minimum Gasteiger partial charge on any atom is -0.353 e. The third-order valence-corrected chi connectivity index (χ3v) is 5.90. The molecule has 6 heterocycles. The maximum absolute atomic E-state index is 5.02. The van der Waals surface area contributed by atoms with E-state index in [2.05, 4.69) is 48.7 Å². The molecule has 0 bridgehead atoms. The van der Waals surface area contributed by atoms with Gasteiger partial charge in [-0.15, -0.1) is 0 Å². The summed E-state index contributed by atoms with van der Waals surface area (Å²) in [6, 6.07) is 14.2. The molecule has 1 aliphatic heterocycles. The van der Waals surface area contributed by atoms with E-state index in [4.69, 9.17) is 4.98 Å². The van der Waals surface area contributed by atoms with Crippen LogP contribution < -0.4 is 5.32 Å². The van der Waals surface area contributed by atoms with Crippen LogP contribution in [0.2, 0.25) is 0 Å². The number of hydrogen-bond acceptors (Lipinski definition) is 5. The van der Waals surface area contributed by atoms with Crippen LogP contribution in [0.3, 0.4) is 0 Å². The fourth-order valence-corrected chi connectivity index (χ4v) is 4.34. The van der Waals surface area contributed by atoms with Crippen molar-refractivity contribution in [1.82, 2.24) is 35.5 Å². The molecule has 7 nitrogen and oxygen atoms in total. The normalized spacial score (nSPS) is 15.2. The largest absolute Gasteiger partial charge is 0.353 e. The highest BCUT2D eigenvalue weighted by molar-refractivity contribution is 5.98. The van der Waals surface area contributed by atoms with Crippen molar-refractivity contribution in [3.8, 4) is 22.8 Å². The van der Waals surface area contributed by atoms with Crippen molar-refractivity contribution in [2.75, 3.05) is 13.1 Å². The van der Waals surface area contributed by atoms with Crippen LogP contribution in [-0.2, 0) is 0 Å². The van der Waals surface area contributed by atoms with Crippen molar-refractivity contribution < 1.29 is 0 Å². The van der Waals surface area contributed by atoms with Gasteiger partial charge in [-0.2, -0.15) is 5.10 Å². The lowest BCUT2D eigenvalue weighted by molar-refractivity contribution is 0.454. The number of fused-ring (bicyclic) bond motifs is 2. The van der Waals surface area contributed by atoms with Crippen LogP contribution in [0.25, 0.3) is 44.7 Å². The molecule has 0 aliphatic carbocycles. The number of rotatable bonds is 3. The molecule has 1 fully saturated rings. The van der Waals surface area contributed by atoms with Gasteiger partial charge in [0.05, 0.1) is 22.6 Å². The Hall–Kier alpha value is -3.58. The van der Waals surface area contributed by atoms with Gasteiger partial charge in [-0.05, 0) is 62.3 Å². The van der Waals surface area contributed by atoms with Gasteiger partial charge in [-0.1, -0.05) is 6.07 Å². The van der Waals surface area contributed by atoms with Gasteiger partial charge >= 0.3 is 0 Å². The minimum atomic E-state index is 0.501. The first-order valence-corrected chi connectivity index (χ1v) is 10.3. The number of pyridine rings is 3. The van der Waals surface area contributed by atoms with Crippen LogP contribution in [0.5, 0.6) is 0 Å². The van der Waals surface area contributed by atoms with E-state index in [9.17, 15) is 0 Å². The molecule has 30 heavy (non-hydrogen) atoms. The van der Waals surface area contributed by atoms with Gasteiger partial charge in [0, 0.05) is 34.9 Å². The Morgan fingerprint density at radius 2 is 1.80 bits per heavy atom. The van der Waals surface area contributed by atoms with Gasteiger partial charge in [-0.25, -0.2) is 4.98 Å². The molecule has 0 saturated carbocycles. The molecule has 148 valence electrons. The Morgan fingerprint density at radius 3 is 2.67 bits per heavy atom. The second-order valence-corrected chi connectivity index (χ2v) is 7.75. The van der Waals surface area contributed by atoms with Gasteiger partial charge in [0.25, 0.3) is 0 Å². The highest BCUT2D eigenvalue weighted by Gasteiger charge is 2.20. The zero-order valence-electron chi connectivity index (χ0n) is 16.4. The smallest absolute Gasteiger partial charge is 0.135 e. The maximum atomic E-state index is 5.02. The molecule has 7 heteroatoms. The van der Waals surface area contributed by atoms with E-state index < -0.39 is 0 Å². The lowest BCUT2D eigenvalue weighted by atomic mass is 9.94. The lowest BCUT2D eigenvalue weighted by Gasteiger charge is -2.22. The van der Waals surface area contributed by atoms with Crippen LogP contribution in [0.1, 0.15) is 24.5 Å². The maximum Gasteiger partial charge on any atom is 0.135 e. The van der Waals surface area contributed by atoms with Crippen LogP contribution in [0.4, 0.5) is 0 Å². The molecule has 0 spiro atoms. The van der Waals surface area contributed by atoms with E-state index in [0.717, 1.165) is 76.3 Å². The molecule has 0 radical (unpaired) electrons. The number of piperidine rings is 1. The molecule has 0 unspecified atom stereocenters. The van der Waals surface area contributed by atoms with E-state index in [-0.39, 0.29) is 0 Å². The number of hydrogen-bond donors (Lipinski definition) is 3. The highest BCUT2D eigenvalue weighted by Crippen LogP contribution is 2.33. The quantitative estimate of drug-likeness (QED) is 0.429. The molecule has 1 aliphatic rings. The summed E-state index contributed by atoms with van der Waals surface area (Å²) in [4.78, 5) is 17.6. The fourth-order valence-electron chi connectivity index (χ4n) is 4.34. The Balaban J connectivity index is 1.47. The summed E-state index contributed by atoms with van der Waals surface area (Å²) >= 11 is 0. The monoisotopic (exact) mass is 395 g/mol. The highest BCUT2D eigenvalue weighted by atomic mass is 15.1. The third-order valence-electron chi connectivity index (χ3n) is 5.90. The number of nitrogens with one attached hydrogen (secondary N) is 3. The summed E-state index contributed by atoms with van der Waals surface area (Å²) in [5.41, 5.74) is 7.49. The molecular weight excluding hydrogens is 374 g/mol. The molecule has 0 aromatic carbocycles. The summed E-state index contributed by atoms with van der Waals surface area (Å²) in [5, 5.41) is 12.2. The first-order valence-electron chi connectivity index (χ1n) is 10.3. The van der Waals surface area contributed by atoms with E-state index in [1.165, 1.54) is 0 Å². The van der Waals surface area contributed by atoms with Gasteiger partial charge in [0.2, 0.25) is 0 Å². The standard InChI is InChI=1S/C23H21N7/c1-2-9-25-18(3-1)21-15-13-20(27-17(15)8-12-26-21)23-22-19(29-30-23)5-4-16(28-22)14-6-10-24-11-7-14/h1-5,8-9,12-14,24,27H,6-7,10-11H2,(H,29,30). The van der Waals surface area contributed by atoms with Gasteiger partial charge in [-0.3, -0.25) is 15.1 Å². The van der Waals surface area contributed by atoms with E-state index in [1.807, 2.05) is 30.5 Å². The molecule has 5 aromatic rings. The Labute approximate surface area is 173 Å². The Kier molecular flexibility index (Phi) is 4.06. The number of H-pyrrole nitrogens is 2. The second kappa shape index (κ2) is 7.03. The number of aromatic amines is 2. The van der Waals surface area contributed by atoms with Crippen molar-refractivity contribution in [1.29, 1.82) is 0 Å². The third kappa shape index (κ3) is 2.86. The summed E-state index contributed by atoms with van der Waals surface area (Å²) in [7, 11) is 0. The topological polar surface area (TPSA) is 95.2 Å². The van der Waals surface area contributed by atoms with Crippen molar-refractivity contribution in [2.45, 2.75) is 18.8 Å². The first-order chi connectivity index (χ1) is 14.9. The van der Waals surface area contributed by atoms with Crippen LogP contribution in [0, 0.1) is 0 Å². The molecular formula is C23H21N7. The molecule has 5 aromatic heterocycles. The Bertz CT molecular complexity index is 1330. The van der Waals surface area contributed by atoms with Gasteiger partial charge in [0.15, 0.2) is 0 Å². The van der Waals surface area contributed by atoms with E-state index in [1.54, 1.807) is 6.20 Å².